The normalized spacial score (nSPS) is 10.5. The van der Waals surface area contributed by atoms with Gasteiger partial charge in [-0.3, -0.25) is 4.79 Å². The molecule has 0 spiro atoms. The molecule has 36 heavy (non-hydrogen) atoms. The minimum atomic E-state index is -0.217. The Bertz CT molecular complexity index is 1420. The van der Waals surface area contributed by atoms with Gasteiger partial charge in [-0.15, -0.1) is 0 Å². The molecule has 8 heteroatoms. The third-order valence-corrected chi connectivity index (χ3v) is 6.75. The first-order valence-electron chi connectivity index (χ1n) is 11.1. The molecule has 0 saturated heterocycles. The molecule has 1 N–H and O–H groups in total. The van der Waals surface area contributed by atoms with Crippen molar-refractivity contribution in [3.63, 3.8) is 0 Å². The predicted molar refractivity (Wildman–Crippen MR) is 147 cm³/mol. The molecule has 3 aromatic carbocycles. The largest absolute Gasteiger partial charge is 0.494 e. The summed E-state index contributed by atoms with van der Waals surface area (Å²) in [7, 11) is 0. The van der Waals surface area contributed by atoms with Gasteiger partial charge in [-0.05, 0) is 55.5 Å². The Morgan fingerprint density at radius 3 is 2.42 bits per heavy atom. The van der Waals surface area contributed by atoms with Gasteiger partial charge in [-0.25, -0.2) is 4.98 Å². The van der Waals surface area contributed by atoms with E-state index in [4.69, 9.17) is 32.9 Å². The topological polar surface area (TPSA) is 75.0 Å². The molecule has 0 aliphatic carbocycles. The van der Waals surface area contributed by atoms with Gasteiger partial charge >= 0.3 is 0 Å². The zero-order chi connectivity index (χ0) is 25.5. The van der Waals surface area contributed by atoms with Crippen LogP contribution in [0.5, 0.6) is 5.75 Å². The van der Waals surface area contributed by atoms with Crippen LogP contribution in [0.1, 0.15) is 12.5 Å². The van der Waals surface area contributed by atoms with Gasteiger partial charge in [0.15, 0.2) is 0 Å². The SMILES string of the molecule is CCOc1ccc(NC(=O)CSc2nc(-c3ccc(Cl)cc3)cc(-c3ccccc3Cl)c2C#N)cc1. The lowest BCUT2D eigenvalue weighted by atomic mass is 9.99. The molecule has 0 fully saturated rings. The van der Waals surface area contributed by atoms with Gasteiger partial charge in [-0.1, -0.05) is 65.3 Å². The van der Waals surface area contributed by atoms with E-state index in [9.17, 15) is 10.1 Å². The number of nitrogens with one attached hydrogen (secondary N) is 1. The molecule has 0 aliphatic heterocycles. The number of thioether (sulfide) groups is 1. The van der Waals surface area contributed by atoms with Crippen molar-refractivity contribution in [3.05, 3.63) is 94.5 Å². The molecule has 0 radical (unpaired) electrons. The first-order chi connectivity index (χ1) is 17.5. The lowest BCUT2D eigenvalue weighted by Crippen LogP contribution is -2.14. The molecular formula is C28H21Cl2N3O2S. The lowest BCUT2D eigenvalue weighted by Gasteiger charge is -2.14. The molecule has 0 aliphatic rings. The van der Waals surface area contributed by atoms with Crippen LogP contribution in [-0.2, 0) is 4.79 Å². The number of pyridine rings is 1. The fraction of sp³-hybridized carbons (Fsp3) is 0.107. The monoisotopic (exact) mass is 533 g/mol. The number of rotatable bonds is 8. The molecule has 5 nitrogen and oxygen atoms in total. The highest BCUT2D eigenvalue weighted by atomic mass is 35.5. The first kappa shape index (κ1) is 25.6. The Labute approximate surface area is 224 Å². The maximum Gasteiger partial charge on any atom is 0.234 e. The van der Waals surface area contributed by atoms with Crippen LogP contribution < -0.4 is 10.1 Å². The fourth-order valence-electron chi connectivity index (χ4n) is 3.53. The smallest absolute Gasteiger partial charge is 0.234 e. The highest BCUT2D eigenvalue weighted by molar-refractivity contribution is 8.00. The Balaban J connectivity index is 1.64. The quantitative estimate of drug-likeness (QED) is 0.234. The van der Waals surface area contributed by atoms with Crippen LogP contribution >= 0.6 is 35.0 Å². The number of benzene rings is 3. The second-order valence-corrected chi connectivity index (χ2v) is 9.44. The number of anilines is 1. The first-order valence-corrected chi connectivity index (χ1v) is 12.8. The molecule has 4 aromatic rings. The summed E-state index contributed by atoms with van der Waals surface area (Å²) in [6, 6.07) is 25.9. The van der Waals surface area contributed by atoms with Crippen LogP contribution in [-0.4, -0.2) is 23.3 Å². The summed E-state index contributed by atoms with van der Waals surface area (Å²) in [5.41, 5.74) is 3.86. The number of carbonyl (C=O) groups excluding carboxylic acids is 1. The Morgan fingerprint density at radius 1 is 1.03 bits per heavy atom. The molecular weight excluding hydrogens is 513 g/mol. The predicted octanol–water partition coefficient (Wildman–Crippen LogP) is 7.72. The third kappa shape index (κ3) is 6.19. The van der Waals surface area contributed by atoms with Crippen molar-refractivity contribution in [3.8, 4) is 34.2 Å². The van der Waals surface area contributed by atoms with E-state index in [0.29, 0.717) is 49.7 Å². The second kappa shape index (κ2) is 12.0. The van der Waals surface area contributed by atoms with Crippen molar-refractivity contribution in [2.75, 3.05) is 17.7 Å². The van der Waals surface area contributed by atoms with Crippen molar-refractivity contribution in [2.45, 2.75) is 11.9 Å². The van der Waals surface area contributed by atoms with Gasteiger partial charge in [0.2, 0.25) is 5.91 Å². The lowest BCUT2D eigenvalue weighted by molar-refractivity contribution is -0.113. The van der Waals surface area contributed by atoms with E-state index < -0.39 is 0 Å². The molecule has 4 rings (SSSR count). The minimum absolute atomic E-state index is 0.0704. The molecule has 0 unspecified atom stereocenters. The van der Waals surface area contributed by atoms with Gasteiger partial charge in [0.1, 0.15) is 16.8 Å². The second-order valence-electron chi connectivity index (χ2n) is 7.63. The highest BCUT2D eigenvalue weighted by Crippen LogP contribution is 2.37. The number of hydrogen-bond donors (Lipinski definition) is 1. The Morgan fingerprint density at radius 2 is 1.75 bits per heavy atom. The third-order valence-electron chi connectivity index (χ3n) is 5.19. The number of ether oxygens (including phenoxy) is 1. The molecule has 0 saturated carbocycles. The summed E-state index contributed by atoms with van der Waals surface area (Å²) in [5.74, 6) is 0.589. The Hall–Kier alpha value is -3.50. The number of nitriles is 1. The van der Waals surface area contributed by atoms with Crippen LogP contribution in [0.25, 0.3) is 22.4 Å². The number of halogens is 2. The minimum Gasteiger partial charge on any atom is -0.494 e. The van der Waals surface area contributed by atoms with E-state index in [1.807, 2.05) is 43.3 Å². The summed E-state index contributed by atoms with van der Waals surface area (Å²) >= 11 is 13.7. The average Bonchev–Trinajstić information content (AvgIpc) is 2.89. The van der Waals surface area contributed by atoms with E-state index in [-0.39, 0.29) is 11.7 Å². The van der Waals surface area contributed by atoms with Crippen molar-refractivity contribution in [1.82, 2.24) is 4.98 Å². The van der Waals surface area contributed by atoms with Crippen molar-refractivity contribution < 1.29 is 9.53 Å². The van der Waals surface area contributed by atoms with Gasteiger partial charge in [0, 0.05) is 32.4 Å². The molecule has 1 heterocycles. The summed E-state index contributed by atoms with van der Waals surface area (Å²) in [4.78, 5) is 17.4. The van der Waals surface area contributed by atoms with E-state index >= 15 is 0 Å². The van der Waals surface area contributed by atoms with Gasteiger partial charge in [0.05, 0.1) is 23.6 Å². The summed E-state index contributed by atoms with van der Waals surface area (Å²) in [6.07, 6.45) is 0. The van der Waals surface area contributed by atoms with Crippen LogP contribution in [0.4, 0.5) is 5.69 Å². The number of amides is 1. The van der Waals surface area contributed by atoms with Crippen molar-refractivity contribution in [1.29, 1.82) is 5.26 Å². The molecule has 1 aromatic heterocycles. The van der Waals surface area contributed by atoms with Crippen molar-refractivity contribution >= 4 is 46.6 Å². The van der Waals surface area contributed by atoms with E-state index in [2.05, 4.69) is 11.4 Å². The maximum atomic E-state index is 12.7. The van der Waals surface area contributed by atoms with Gasteiger partial charge in [0.25, 0.3) is 0 Å². The van der Waals surface area contributed by atoms with E-state index in [0.717, 1.165) is 11.3 Å². The van der Waals surface area contributed by atoms with Crippen molar-refractivity contribution in [2.24, 2.45) is 0 Å². The van der Waals surface area contributed by atoms with Gasteiger partial charge < -0.3 is 10.1 Å². The standard InChI is InChI=1S/C28H21Cl2N3O2S/c1-2-35-21-13-11-20(12-14-21)32-27(34)17-36-28-24(16-31)23(22-5-3-4-6-25(22)30)15-26(33-28)18-7-9-19(29)10-8-18/h3-15H,2,17H2,1H3,(H,32,34). The zero-order valence-corrected chi connectivity index (χ0v) is 21.6. The number of carbonyl (C=O) groups is 1. The summed E-state index contributed by atoms with van der Waals surface area (Å²) in [6.45, 7) is 2.48. The van der Waals surface area contributed by atoms with E-state index in [1.165, 1.54) is 11.8 Å². The van der Waals surface area contributed by atoms with Crippen LogP contribution in [0.2, 0.25) is 10.0 Å². The molecule has 0 bridgehead atoms. The number of hydrogen-bond acceptors (Lipinski definition) is 5. The maximum absolute atomic E-state index is 12.7. The fourth-order valence-corrected chi connectivity index (χ4v) is 4.69. The van der Waals surface area contributed by atoms with Gasteiger partial charge in [-0.2, -0.15) is 5.26 Å². The van der Waals surface area contributed by atoms with Crippen LogP contribution in [0.3, 0.4) is 0 Å². The number of aromatic nitrogens is 1. The van der Waals surface area contributed by atoms with Crippen LogP contribution in [0, 0.1) is 11.3 Å². The van der Waals surface area contributed by atoms with E-state index in [1.54, 1.807) is 42.5 Å². The highest BCUT2D eigenvalue weighted by Gasteiger charge is 2.18. The van der Waals surface area contributed by atoms with Crippen LogP contribution in [0.15, 0.2) is 83.9 Å². The summed E-state index contributed by atoms with van der Waals surface area (Å²) < 4.78 is 5.43. The number of nitrogens with zero attached hydrogens (tertiary/aromatic N) is 2. The molecule has 1 amide bonds. The Kier molecular flexibility index (Phi) is 8.50. The summed E-state index contributed by atoms with van der Waals surface area (Å²) in [5, 5.41) is 14.5. The average molecular weight is 534 g/mol. The molecule has 0 atom stereocenters. The zero-order valence-electron chi connectivity index (χ0n) is 19.3. The molecule has 180 valence electrons.